The van der Waals surface area contributed by atoms with E-state index in [0.29, 0.717) is 11.8 Å². The third kappa shape index (κ3) is 1.37. The molecule has 0 radical (unpaired) electrons. The lowest BCUT2D eigenvalue weighted by Gasteiger charge is -2.14. The number of aliphatic hydroxyl groups is 1. The molecule has 1 saturated carbocycles. The zero-order chi connectivity index (χ0) is 9.35. The topological polar surface area (TPSA) is 38.7 Å². The molecule has 0 spiro atoms. The summed E-state index contributed by atoms with van der Waals surface area (Å²) in [7, 11) is 3.27. The maximum atomic E-state index is 9.04. The second kappa shape index (κ2) is 3.32. The lowest BCUT2D eigenvalue weighted by Crippen LogP contribution is -2.18. The average Bonchev–Trinajstić information content (AvgIpc) is 2.57. The van der Waals surface area contributed by atoms with E-state index in [1.165, 1.54) is 0 Å². The van der Waals surface area contributed by atoms with E-state index >= 15 is 0 Å². The van der Waals surface area contributed by atoms with E-state index in [9.17, 15) is 0 Å². The van der Waals surface area contributed by atoms with Gasteiger partial charge in [-0.25, -0.2) is 0 Å². The molecule has 0 aromatic carbocycles. The van der Waals surface area contributed by atoms with Gasteiger partial charge in [0.25, 0.3) is 0 Å². The van der Waals surface area contributed by atoms with Crippen LogP contribution in [0.5, 0.6) is 0 Å². The molecule has 1 fully saturated rings. The highest BCUT2D eigenvalue weighted by Gasteiger charge is 2.61. The Bertz CT molecular complexity index is 152. The lowest BCUT2D eigenvalue weighted by molar-refractivity contribution is -0.124. The quantitative estimate of drug-likeness (QED) is 0.643. The van der Waals surface area contributed by atoms with E-state index in [-0.39, 0.29) is 18.3 Å². The van der Waals surface area contributed by atoms with Crippen molar-refractivity contribution >= 4 is 0 Å². The lowest BCUT2D eigenvalue weighted by atomic mass is 10.1. The number of hydrogen-bond acceptors (Lipinski definition) is 3. The van der Waals surface area contributed by atoms with Crippen LogP contribution >= 0.6 is 0 Å². The minimum Gasteiger partial charge on any atom is -0.396 e. The van der Waals surface area contributed by atoms with Gasteiger partial charge in [0.1, 0.15) is 0 Å². The molecule has 1 aliphatic rings. The number of aliphatic hydroxyl groups excluding tert-OH is 1. The van der Waals surface area contributed by atoms with Gasteiger partial charge in [-0.2, -0.15) is 0 Å². The molecule has 3 nitrogen and oxygen atoms in total. The molecule has 3 heteroatoms. The predicted molar refractivity (Wildman–Crippen MR) is 45.7 cm³/mol. The van der Waals surface area contributed by atoms with Gasteiger partial charge in [0.05, 0.1) is 0 Å². The zero-order valence-corrected chi connectivity index (χ0v) is 8.20. The van der Waals surface area contributed by atoms with Crippen molar-refractivity contribution in [3.8, 4) is 0 Å². The van der Waals surface area contributed by atoms with Crippen LogP contribution in [0.1, 0.15) is 13.8 Å². The fourth-order valence-electron chi connectivity index (χ4n) is 2.07. The number of methoxy groups -OCH3 is 2. The summed E-state index contributed by atoms with van der Waals surface area (Å²) in [5, 5.41) is 9.04. The summed E-state index contributed by atoms with van der Waals surface area (Å²) >= 11 is 0. The highest BCUT2D eigenvalue weighted by atomic mass is 16.7. The largest absolute Gasteiger partial charge is 0.396 e. The first-order valence-electron chi connectivity index (χ1n) is 4.26. The Morgan fingerprint density at radius 2 is 1.83 bits per heavy atom. The smallest absolute Gasteiger partial charge is 0.160 e. The standard InChI is InChI=1S/C9H18O3/c1-9(2)6(5-10)7(9)8(11-3)12-4/h6-8,10H,5H2,1-4H3. The highest BCUT2D eigenvalue weighted by Crippen LogP contribution is 2.60. The molecule has 72 valence electrons. The van der Waals surface area contributed by atoms with Gasteiger partial charge in [-0.3, -0.25) is 0 Å². The van der Waals surface area contributed by atoms with Gasteiger partial charge < -0.3 is 14.6 Å². The number of rotatable bonds is 4. The van der Waals surface area contributed by atoms with Crippen molar-refractivity contribution in [2.45, 2.75) is 20.1 Å². The fraction of sp³-hybridized carbons (Fsp3) is 1.00. The first kappa shape index (κ1) is 9.96. The van der Waals surface area contributed by atoms with E-state index in [1.54, 1.807) is 14.2 Å². The monoisotopic (exact) mass is 174 g/mol. The molecule has 0 bridgehead atoms. The van der Waals surface area contributed by atoms with Gasteiger partial charge in [0.15, 0.2) is 6.29 Å². The zero-order valence-electron chi connectivity index (χ0n) is 8.20. The minimum absolute atomic E-state index is 0.158. The van der Waals surface area contributed by atoms with Crippen LogP contribution in [0, 0.1) is 17.3 Å². The van der Waals surface area contributed by atoms with E-state index in [2.05, 4.69) is 13.8 Å². The third-order valence-corrected chi connectivity index (χ3v) is 3.09. The minimum atomic E-state index is -0.169. The molecule has 2 unspecified atom stereocenters. The molecule has 1 aliphatic carbocycles. The Kier molecular flexibility index (Phi) is 2.76. The molecule has 1 N–H and O–H groups in total. The number of hydrogen-bond donors (Lipinski definition) is 1. The van der Waals surface area contributed by atoms with Crippen molar-refractivity contribution < 1.29 is 14.6 Å². The van der Waals surface area contributed by atoms with Crippen LogP contribution < -0.4 is 0 Å². The van der Waals surface area contributed by atoms with Crippen LogP contribution in [0.3, 0.4) is 0 Å². The Hall–Kier alpha value is -0.120. The molecule has 0 aromatic heterocycles. The fourth-order valence-corrected chi connectivity index (χ4v) is 2.07. The number of ether oxygens (including phenoxy) is 2. The van der Waals surface area contributed by atoms with Crippen molar-refractivity contribution in [3.05, 3.63) is 0 Å². The van der Waals surface area contributed by atoms with E-state index < -0.39 is 0 Å². The van der Waals surface area contributed by atoms with Gasteiger partial charge in [0.2, 0.25) is 0 Å². The summed E-state index contributed by atoms with van der Waals surface area (Å²) in [4.78, 5) is 0. The van der Waals surface area contributed by atoms with E-state index in [0.717, 1.165) is 0 Å². The summed E-state index contributed by atoms with van der Waals surface area (Å²) in [6.45, 7) is 4.48. The maximum absolute atomic E-state index is 9.04. The van der Waals surface area contributed by atoms with Crippen molar-refractivity contribution in [2.75, 3.05) is 20.8 Å². The summed E-state index contributed by atoms with van der Waals surface area (Å²) in [5.41, 5.74) is 0.158. The molecule has 0 aliphatic heterocycles. The van der Waals surface area contributed by atoms with Crippen molar-refractivity contribution in [1.82, 2.24) is 0 Å². The van der Waals surface area contributed by atoms with Crippen LogP contribution in [-0.2, 0) is 9.47 Å². The summed E-state index contributed by atoms with van der Waals surface area (Å²) in [6, 6.07) is 0. The Morgan fingerprint density at radius 1 is 1.33 bits per heavy atom. The third-order valence-electron chi connectivity index (χ3n) is 3.09. The summed E-state index contributed by atoms with van der Waals surface area (Å²) < 4.78 is 10.3. The Morgan fingerprint density at radius 3 is 2.08 bits per heavy atom. The highest BCUT2D eigenvalue weighted by molar-refractivity contribution is 5.06. The molecule has 2 atom stereocenters. The van der Waals surface area contributed by atoms with Crippen molar-refractivity contribution in [2.24, 2.45) is 17.3 Å². The van der Waals surface area contributed by atoms with Crippen LogP contribution in [0.25, 0.3) is 0 Å². The summed E-state index contributed by atoms with van der Waals surface area (Å²) in [5.74, 6) is 0.653. The van der Waals surface area contributed by atoms with Gasteiger partial charge in [-0.15, -0.1) is 0 Å². The van der Waals surface area contributed by atoms with Crippen LogP contribution in [0.2, 0.25) is 0 Å². The van der Waals surface area contributed by atoms with Gasteiger partial charge in [-0.05, 0) is 11.3 Å². The van der Waals surface area contributed by atoms with E-state index in [1.807, 2.05) is 0 Å². The maximum Gasteiger partial charge on any atom is 0.160 e. The van der Waals surface area contributed by atoms with Crippen LogP contribution in [-0.4, -0.2) is 32.2 Å². The van der Waals surface area contributed by atoms with Gasteiger partial charge in [0, 0.05) is 26.7 Å². The van der Waals surface area contributed by atoms with E-state index in [4.69, 9.17) is 14.6 Å². The molecule has 0 saturated heterocycles. The predicted octanol–water partition coefficient (Wildman–Crippen LogP) is 0.870. The van der Waals surface area contributed by atoms with Crippen LogP contribution in [0.4, 0.5) is 0 Å². The molecular weight excluding hydrogens is 156 g/mol. The Labute approximate surface area is 73.7 Å². The Balaban J connectivity index is 2.55. The first-order valence-corrected chi connectivity index (χ1v) is 4.26. The molecule has 12 heavy (non-hydrogen) atoms. The van der Waals surface area contributed by atoms with Gasteiger partial charge >= 0.3 is 0 Å². The molecule has 0 amide bonds. The first-order chi connectivity index (χ1) is 5.59. The van der Waals surface area contributed by atoms with Crippen molar-refractivity contribution in [3.63, 3.8) is 0 Å². The second-order valence-electron chi connectivity index (χ2n) is 3.98. The molecule has 0 aromatic rings. The second-order valence-corrected chi connectivity index (χ2v) is 3.98. The average molecular weight is 174 g/mol. The van der Waals surface area contributed by atoms with Crippen LogP contribution in [0.15, 0.2) is 0 Å². The SMILES string of the molecule is COC(OC)C1C(CO)C1(C)C. The molecule has 0 heterocycles. The molecule has 1 rings (SSSR count). The normalized spacial score (nSPS) is 32.5. The van der Waals surface area contributed by atoms with Crippen molar-refractivity contribution in [1.29, 1.82) is 0 Å². The summed E-state index contributed by atoms with van der Waals surface area (Å²) in [6.07, 6.45) is -0.169. The molecular formula is C9H18O3. The van der Waals surface area contributed by atoms with Gasteiger partial charge in [-0.1, -0.05) is 13.8 Å².